The zero-order valence-electron chi connectivity index (χ0n) is 15.2. The van der Waals surface area contributed by atoms with Gasteiger partial charge in [-0.15, -0.1) is 0 Å². The van der Waals surface area contributed by atoms with Crippen molar-refractivity contribution in [1.82, 2.24) is 9.80 Å². The lowest BCUT2D eigenvalue weighted by atomic mass is 9.83. The van der Waals surface area contributed by atoms with Crippen LogP contribution in [-0.4, -0.2) is 65.4 Å². The normalized spacial score (nSPS) is 34.6. The Morgan fingerprint density at radius 2 is 1.80 bits per heavy atom. The zero-order chi connectivity index (χ0) is 17.1. The predicted octanol–water partition coefficient (Wildman–Crippen LogP) is 2.66. The summed E-state index contributed by atoms with van der Waals surface area (Å²) in [6, 6.07) is 11.9. The molecule has 0 aliphatic carbocycles. The summed E-state index contributed by atoms with van der Waals surface area (Å²) >= 11 is 0. The maximum Gasteiger partial charge on any atom is 0.0828 e. The molecule has 4 atom stereocenters. The number of hydrogen-bond acceptors (Lipinski definition) is 4. The number of ether oxygens (including phenoxy) is 1. The summed E-state index contributed by atoms with van der Waals surface area (Å²) in [6.45, 7) is 5.08. The number of fused-ring (bicyclic) bond motifs is 2. The van der Waals surface area contributed by atoms with Crippen molar-refractivity contribution in [2.75, 3.05) is 26.2 Å². The van der Waals surface area contributed by atoms with Gasteiger partial charge in [-0.3, -0.25) is 9.80 Å². The van der Waals surface area contributed by atoms with E-state index in [4.69, 9.17) is 4.74 Å². The summed E-state index contributed by atoms with van der Waals surface area (Å²) < 4.78 is 6.22. The minimum Gasteiger partial charge on any atom is -0.393 e. The third kappa shape index (κ3) is 4.43. The highest BCUT2D eigenvalue weighted by molar-refractivity contribution is 5.14. The first-order valence-corrected chi connectivity index (χ1v) is 10.1. The number of rotatable bonds is 4. The van der Waals surface area contributed by atoms with Crippen LogP contribution < -0.4 is 0 Å². The van der Waals surface area contributed by atoms with Gasteiger partial charge >= 0.3 is 0 Å². The van der Waals surface area contributed by atoms with E-state index >= 15 is 0 Å². The summed E-state index contributed by atoms with van der Waals surface area (Å²) in [6.07, 6.45) is 7.05. The van der Waals surface area contributed by atoms with E-state index in [2.05, 4.69) is 40.1 Å². The molecule has 3 aliphatic heterocycles. The van der Waals surface area contributed by atoms with Gasteiger partial charge < -0.3 is 9.84 Å². The minimum atomic E-state index is -0.0869. The van der Waals surface area contributed by atoms with E-state index in [-0.39, 0.29) is 6.10 Å². The number of piperidine rings is 2. The Hall–Kier alpha value is -0.940. The average Bonchev–Trinajstić information content (AvgIpc) is 2.82. The monoisotopic (exact) mass is 344 g/mol. The number of aliphatic hydroxyl groups excluding tert-OH is 1. The van der Waals surface area contributed by atoms with E-state index in [0.717, 1.165) is 52.0 Å². The Morgan fingerprint density at radius 3 is 2.56 bits per heavy atom. The van der Waals surface area contributed by atoms with Crippen LogP contribution in [0.25, 0.3) is 0 Å². The van der Waals surface area contributed by atoms with E-state index in [1.54, 1.807) is 0 Å². The molecule has 3 saturated heterocycles. The molecule has 0 saturated carbocycles. The Labute approximate surface area is 151 Å². The highest BCUT2D eigenvalue weighted by Gasteiger charge is 2.38. The lowest BCUT2D eigenvalue weighted by Crippen LogP contribution is -2.56. The molecule has 4 rings (SSSR count). The van der Waals surface area contributed by atoms with Gasteiger partial charge in [0.1, 0.15) is 0 Å². The molecule has 1 N–H and O–H groups in total. The molecule has 1 aromatic carbocycles. The molecule has 3 fully saturated rings. The molecule has 3 aliphatic rings. The van der Waals surface area contributed by atoms with Crippen molar-refractivity contribution in [1.29, 1.82) is 0 Å². The highest BCUT2D eigenvalue weighted by atomic mass is 16.5. The van der Waals surface area contributed by atoms with Crippen LogP contribution in [0.15, 0.2) is 30.3 Å². The smallest absolute Gasteiger partial charge is 0.0828 e. The van der Waals surface area contributed by atoms with Crippen LogP contribution in [0.4, 0.5) is 0 Å². The summed E-state index contributed by atoms with van der Waals surface area (Å²) in [4.78, 5) is 5.23. The van der Waals surface area contributed by atoms with Gasteiger partial charge in [0.05, 0.1) is 12.2 Å². The third-order valence-electron chi connectivity index (χ3n) is 6.20. The Morgan fingerprint density at radius 1 is 1.04 bits per heavy atom. The SMILES string of the molecule is OC1C[C@H]2CCC[C@@H](C1)N2CC1CN(Cc2ccccc2)CCCO1. The summed E-state index contributed by atoms with van der Waals surface area (Å²) in [7, 11) is 0. The standard InChI is InChI=1S/C21H32N2O2/c24-20-12-18-8-4-9-19(13-20)23(18)16-21-15-22(10-5-11-25-21)14-17-6-2-1-3-7-17/h1-3,6-7,18-21,24H,4-5,8-16H2/t18-,19+,20?,21?. The van der Waals surface area contributed by atoms with Gasteiger partial charge in [-0.2, -0.15) is 0 Å². The van der Waals surface area contributed by atoms with Crippen LogP contribution in [0.3, 0.4) is 0 Å². The second-order valence-corrected chi connectivity index (χ2v) is 8.13. The van der Waals surface area contributed by atoms with Gasteiger partial charge in [0.25, 0.3) is 0 Å². The summed E-state index contributed by atoms with van der Waals surface area (Å²) in [5.74, 6) is 0. The number of nitrogens with zero attached hydrogens (tertiary/aromatic N) is 2. The van der Waals surface area contributed by atoms with Crippen molar-refractivity contribution in [2.45, 2.75) is 69.4 Å². The van der Waals surface area contributed by atoms with Crippen molar-refractivity contribution in [3.8, 4) is 0 Å². The molecule has 0 radical (unpaired) electrons. The van der Waals surface area contributed by atoms with Gasteiger partial charge in [-0.25, -0.2) is 0 Å². The highest BCUT2D eigenvalue weighted by Crippen LogP contribution is 2.34. The molecule has 2 bridgehead atoms. The maximum absolute atomic E-state index is 10.1. The first-order chi connectivity index (χ1) is 12.3. The van der Waals surface area contributed by atoms with Crippen LogP contribution in [0.1, 0.15) is 44.1 Å². The maximum atomic E-state index is 10.1. The third-order valence-corrected chi connectivity index (χ3v) is 6.20. The van der Waals surface area contributed by atoms with Gasteiger partial charge in [0.15, 0.2) is 0 Å². The molecular weight excluding hydrogens is 312 g/mol. The Kier molecular flexibility index (Phi) is 5.71. The lowest BCUT2D eigenvalue weighted by molar-refractivity contribution is -0.0606. The molecule has 25 heavy (non-hydrogen) atoms. The molecule has 0 aromatic heterocycles. The second kappa shape index (κ2) is 8.17. The van der Waals surface area contributed by atoms with E-state index in [0.29, 0.717) is 18.2 Å². The van der Waals surface area contributed by atoms with Crippen LogP contribution in [0, 0.1) is 0 Å². The number of aliphatic hydroxyl groups is 1. The van der Waals surface area contributed by atoms with E-state index < -0.39 is 0 Å². The number of hydrogen-bond donors (Lipinski definition) is 1. The van der Waals surface area contributed by atoms with Crippen LogP contribution in [0.2, 0.25) is 0 Å². The molecule has 1 aromatic rings. The zero-order valence-corrected chi connectivity index (χ0v) is 15.2. The predicted molar refractivity (Wildman–Crippen MR) is 99.4 cm³/mol. The van der Waals surface area contributed by atoms with E-state index in [1.807, 2.05) is 0 Å². The molecule has 4 nitrogen and oxygen atoms in total. The fraction of sp³-hybridized carbons (Fsp3) is 0.714. The quantitative estimate of drug-likeness (QED) is 0.911. The van der Waals surface area contributed by atoms with E-state index in [9.17, 15) is 5.11 Å². The van der Waals surface area contributed by atoms with Crippen LogP contribution in [0.5, 0.6) is 0 Å². The second-order valence-electron chi connectivity index (χ2n) is 8.13. The topological polar surface area (TPSA) is 35.9 Å². The van der Waals surface area contributed by atoms with Gasteiger partial charge in [-0.05, 0) is 37.7 Å². The number of benzene rings is 1. The molecule has 138 valence electrons. The molecular formula is C21H32N2O2. The fourth-order valence-electron chi connectivity index (χ4n) is 5.05. The van der Waals surface area contributed by atoms with Crippen molar-refractivity contribution in [2.24, 2.45) is 0 Å². The first kappa shape index (κ1) is 17.5. The first-order valence-electron chi connectivity index (χ1n) is 10.1. The molecule has 2 unspecified atom stereocenters. The van der Waals surface area contributed by atoms with Gasteiger partial charge in [0, 0.05) is 44.9 Å². The minimum absolute atomic E-state index is 0.0869. The van der Waals surface area contributed by atoms with Gasteiger partial charge in [-0.1, -0.05) is 36.8 Å². The van der Waals surface area contributed by atoms with Gasteiger partial charge in [0.2, 0.25) is 0 Å². The van der Waals surface area contributed by atoms with Crippen molar-refractivity contribution >= 4 is 0 Å². The fourth-order valence-corrected chi connectivity index (χ4v) is 5.05. The Bertz CT molecular complexity index is 524. The molecule has 3 heterocycles. The Balaban J connectivity index is 1.38. The summed E-state index contributed by atoms with van der Waals surface area (Å²) in [5, 5.41) is 10.1. The molecule has 0 spiro atoms. The van der Waals surface area contributed by atoms with Crippen molar-refractivity contribution in [3.05, 3.63) is 35.9 Å². The average molecular weight is 344 g/mol. The van der Waals surface area contributed by atoms with Crippen LogP contribution >= 0.6 is 0 Å². The van der Waals surface area contributed by atoms with Crippen LogP contribution in [-0.2, 0) is 11.3 Å². The van der Waals surface area contributed by atoms with Crippen molar-refractivity contribution in [3.63, 3.8) is 0 Å². The van der Waals surface area contributed by atoms with Crippen molar-refractivity contribution < 1.29 is 9.84 Å². The molecule has 0 amide bonds. The summed E-state index contributed by atoms with van der Waals surface area (Å²) in [5.41, 5.74) is 1.39. The lowest BCUT2D eigenvalue weighted by Gasteiger charge is -2.49. The van der Waals surface area contributed by atoms with E-state index in [1.165, 1.54) is 24.8 Å². The molecule has 4 heteroatoms. The largest absolute Gasteiger partial charge is 0.393 e.